The van der Waals surface area contributed by atoms with Gasteiger partial charge in [0.15, 0.2) is 0 Å². The second-order valence-corrected chi connectivity index (χ2v) is 6.07. The molecule has 6 heteroatoms. The second-order valence-electron chi connectivity index (χ2n) is 4.74. The van der Waals surface area contributed by atoms with Crippen LogP contribution < -0.4 is 0 Å². The normalized spacial score (nSPS) is 43.6. The zero-order valence-electron chi connectivity index (χ0n) is 11.8. The molecule has 6 atom stereocenters. The Labute approximate surface area is 114 Å². The summed E-state index contributed by atoms with van der Waals surface area (Å²) in [5.74, 6) is 0.359. The van der Waals surface area contributed by atoms with Gasteiger partial charge in [0.1, 0.15) is 29.3 Å². The van der Waals surface area contributed by atoms with Crippen LogP contribution in [0, 0.1) is 5.92 Å². The summed E-state index contributed by atoms with van der Waals surface area (Å²) >= 11 is 1.34. The van der Waals surface area contributed by atoms with Gasteiger partial charge in [0.2, 0.25) is 0 Å². The molecular weight excluding hydrogens is 256 g/mol. The number of aliphatic hydroxyl groups excluding tert-OH is 4. The summed E-state index contributed by atoms with van der Waals surface area (Å²) in [6.07, 6.45) is -4.09. The van der Waals surface area contributed by atoms with Crippen LogP contribution in [0.4, 0.5) is 0 Å². The van der Waals surface area contributed by atoms with E-state index in [1.807, 2.05) is 6.92 Å². The maximum atomic E-state index is 10.3. The zero-order chi connectivity index (χ0) is 14.6. The summed E-state index contributed by atoms with van der Waals surface area (Å²) in [5.41, 5.74) is 0. The summed E-state index contributed by atoms with van der Waals surface area (Å²) in [7, 11) is 0. The molecule has 1 saturated heterocycles. The Balaban J connectivity index is 3.04. The molecule has 0 bridgehead atoms. The van der Waals surface area contributed by atoms with Gasteiger partial charge in [-0.2, -0.15) is 0 Å². The van der Waals surface area contributed by atoms with Crippen LogP contribution in [0.2, 0.25) is 0 Å². The van der Waals surface area contributed by atoms with Crippen LogP contribution in [0.1, 0.15) is 28.5 Å². The predicted octanol–water partition coefficient (Wildman–Crippen LogP) is -0.0443. The fourth-order valence-corrected chi connectivity index (χ4v) is 3.41. The van der Waals surface area contributed by atoms with Gasteiger partial charge in [0, 0.05) is 1.37 Å². The van der Waals surface area contributed by atoms with E-state index in [0.717, 1.165) is 6.42 Å². The minimum absolute atomic E-state index is 0.0226. The molecule has 5 nitrogen and oxygen atoms in total. The fourth-order valence-electron chi connectivity index (χ4n) is 2.10. The van der Waals surface area contributed by atoms with Crippen molar-refractivity contribution < 1.29 is 26.5 Å². The number of rotatable bonds is 5. The van der Waals surface area contributed by atoms with Crippen molar-refractivity contribution in [2.75, 3.05) is 12.4 Å². The van der Waals surface area contributed by atoms with E-state index < -0.39 is 36.0 Å². The SMILES string of the molecule is [2H]CC(C)C1(SCCC)O[C@H](CO)[C@H](O)[C@H](O)[C@H]1O. The molecule has 0 aromatic carbocycles. The molecule has 1 rings (SSSR count). The smallest absolute Gasteiger partial charge is 0.145 e. The first-order chi connectivity index (χ1) is 8.94. The van der Waals surface area contributed by atoms with Crippen LogP contribution in [0.25, 0.3) is 0 Å². The molecule has 4 N–H and O–H groups in total. The lowest BCUT2D eigenvalue weighted by atomic mass is 9.89. The first-order valence-corrected chi connectivity index (χ1v) is 7.19. The van der Waals surface area contributed by atoms with E-state index in [0.29, 0.717) is 5.75 Å². The molecule has 0 aromatic heterocycles. The third-order valence-corrected chi connectivity index (χ3v) is 5.00. The number of thioether (sulfide) groups is 1. The van der Waals surface area contributed by atoms with Gasteiger partial charge in [-0.1, -0.05) is 20.7 Å². The highest BCUT2D eigenvalue weighted by atomic mass is 32.2. The van der Waals surface area contributed by atoms with Gasteiger partial charge in [-0.3, -0.25) is 0 Å². The molecule has 1 aliphatic rings. The Hall–Kier alpha value is 0.150. The largest absolute Gasteiger partial charge is 0.394 e. The Morgan fingerprint density at radius 2 is 2.06 bits per heavy atom. The molecule has 0 saturated carbocycles. The third kappa shape index (κ3) is 2.84. The molecule has 108 valence electrons. The maximum Gasteiger partial charge on any atom is 0.145 e. The summed E-state index contributed by atoms with van der Waals surface area (Å²) in [4.78, 5) is -1.16. The molecule has 0 amide bonds. The number of hydrogen-bond donors (Lipinski definition) is 4. The van der Waals surface area contributed by atoms with Gasteiger partial charge < -0.3 is 25.2 Å². The van der Waals surface area contributed by atoms with Crippen LogP contribution in [0.3, 0.4) is 0 Å². The Bertz CT molecular complexity index is 281. The van der Waals surface area contributed by atoms with Gasteiger partial charge in [-0.25, -0.2) is 0 Å². The van der Waals surface area contributed by atoms with Gasteiger partial charge in [-0.05, 0) is 18.1 Å². The molecule has 18 heavy (non-hydrogen) atoms. The van der Waals surface area contributed by atoms with Gasteiger partial charge in [0.05, 0.1) is 6.61 Å². The average Bonchev–Trinajstić information content (AvgIpc) is 2.43. The topological polar surface area (TPSA) is 90.2 Å². The highest BCUT2D eigenvalue weighted by molar-refractivity contribution is 8.00. The van der Waals surface area contributed by atoms with Crippen molar-refractivity contribution in [2.24, 2.45) is 5.92 Å². The van der Waals surface area contributed by atoms with E-state index in [2.05, 4.69) is 0 Å². The van der Waals surface area contributed by atoms with Crippen LogP contribution in [0.15, 0.2) is 0 Å². The molecule has 0 aromatic rings. The highest BCUT2D eigenvalue weighted by Crippen LogP contribution is 2.44. The first kappa shape index (κ1) is 14.6. The lowest BCUT2D eigenvalue weighted by Gasteiger charge is -2.50. The zero-order valence-corrected chi connectivity index (χ0v) is 11.6. The Morgan fingerprint density at radius 1 is 1.39 bits per heavy atom. The van der Waals surface area contributed by atoms with Crippen LogP contribution in [0.5, 0.6) is 0 Å². The Kier molecular flexibility index (Phi) is 5.29. The predicted molar refractivity (Wildman–Crippen MR) is 70.3 cm³/mol. The van der Waals surface area contributed by atoms with Gasteiger partial charge in [-0.15, -0.1) is 11.8 Å². The Morgan fingerprint density at radius 3 is 2.56 bits per heavy atom. The van der Waals surface area contributed by atoms with Crippen molar-refractivity contribution >= 4 is 11.8 Å². The van der Waals surface area contributed by atoms with E-state index in [1.54, 1.807) is 6.92 Å². The molecule has 0 spiro atoms. The first-order valence-electron chi connectivity index (χ1n) is 6.91. The van der Waals surface area contributed by atoms with Crippen molar-refractivity contribution in [3.8, 4) is 0 Å². The van der Waals surface area contributed by atoms with Crippen molar-refractivity contribution in [3.05, 3.63) is 0 Å². The monoisotopic (exact) mass is 281 g/mol. The fraction of sp³-hybridized carbons (Fsp3) is 1.00. The molecule has 1 aliphatic heterocycles. The van der Waals surface area contributed by atoms with Crippen LogP contribution >= 0.6 is 11.8 Å². The van der Waals surface area contributed by atoms with Crippen LogP contribution in [-0.4, -0.2) is 62.1 Å². The summed E-state index contributed by atoms with van der Waals surface area (Å²) in [6, 6.07) is 0. The minimum atomic E-state index is -1.38. The summed E-state index contributed by atoms with van der Waals surface area (Å²) < 4.78 is 13.2. The van der Waals surface area contributed by atoms with E-state index >= 15 is 0 Å². The quantitative estimate of drug-likeness (QED) is 0.565. The van der Waals surface area contributed by atoms with Crippen molar-refractivity contribution in [1.82, 2.24) is 0 Å². The lowest BCUT2D eigenvalue weighted by molar-refractivity contribution is -0.252. The van der Waals surface area contributed by atoms with Gasteiger partial charge >= 0.3 is 0 Å². The van der Waals surface area contributed by atoms with Crippen molar-refractivity contribution in [2.45, 2.75) is 56.5 Å². The van der Waals surface area contributed by atoms with E-state index in [4.69, 9.17) is 6.11 Å². The van der Waals surface area contributed by atoms with E-state index in [1.165, 1.54) is 11.8 Å². The van der Waals surface area contributed by atoms with Crippen LogP contribution in [-0.2, 0) is 4.74 Å². The standard InChI is InChI=1S/C12H24O5S/c1-4-5-18-12(7(2)3)11(16)10(15)9(14)8(6-13)17-12/h7-11,13-16H,4-6H2,1-3H3/t8-,9+,10+,11-,12?/m1/s1/i2D/t7?,8-,9+,10+,11-,12?. The van der Waals surface area contributed by atoms with E-state index in [9.17, 15) is 20.4 Å². The third-order valence-electron chi connectivity index (χ3n) is 3.20. The molecule has 2 unspecified atom stereocenters. The highest BCUT2D eigenvalue weighted by Gasteiger charge is 2.55. The maximum absolute atomic E-state index is 10.3. The second kappa shape index (κ2) is 6.54. The number of aliphatic hydroxyl groups is 4. The number of ether oxygens (including phenoxy) is 1. The summed E-state index contributed by atoms with van der Waals surface area (Å²) in [5, 5.41) is 39.3. The number of hydrogen-bond acceptors (Lipinski definition) is 6. The molecule has 0 radical (unpaired) electrons. The summed E-state index contributed by atoms with van der Waals surface area (Å²) in [6.45, 7) is 3.33. The molecular formula is C12H24O5S. The van der Waals surface area contributed by atoms with Crippen molar-refractivity contribution in [1.29, 1.82) is 0 Å². The van der Waals surface area contributed by atoms with Gasteiger partial charge in [0.25, 0.3) is 0 Å². The molecule has 1 fully saturated rings. The molecule has 0 aliphatic carbocycles. The lowest BCUT2D eigenvalue weighted by Crippen LogP contribution is -2.65. The molecule has 1 heterocycles. The average molecular weight is 281 g/mol. The minimum Gasteiger partial charge on any atom is -0.394 e. The van der Waals surface area contributed by atoms with E-state index in [-0.39, 0.29) is 12.8 Å². The van der Waals surface area contributed by atoms with Crippen molar-refractivity contribution in [3.63, 3.8) is 0 Å².